The first-order chi connectivity index (χ1) is 7.77. The topological polar surface area (TPSA) is 41.5 Å². The summed E-state index contributed by atoms with van der Waals surface area (Å²) in [5.74, 6) is 3.13. The molecular weight excluding hydrogens is 261 g/mol. The summed E-state index contributed by atoms with van der Waals surface area (Å²) in [6.45, 7) is 1.44. The van der Waals surface area contributed by atoms with Gasteiger partial charge in [-0.3, -0.25) is 0 Å². The Hall–Kier alpha value is -0.920. The van der Waals surface area contributed by atoms with Gasteiger partial charge < -0.3 is 15.2 Å². The molecule has 0 aliphatic heterocycles. The number of nitrogens with one attached hydrogen (secondary N) is 1. The van der Waals surface area contributed by atoms with Crippen molar-refractivity contribution in [2.45, 2.75) is 6.54 Å². The number of hydrogen-bond acceptors (Lipinski definition) is 3. The number of aliphatic hydroxyl groups excluding tert-OH is 1. The van der Waals surface area contributed by atoms with Crippen LogP contribution in [0.25, 0.3) is 0 Å². The van der Waals surface area contributed by atoms with Crippen LogP contribution in [0.1, 0.15) is 5.56 Å². The van der Waals surface area contributed by atoms with Crippen molar-refractivity contribution in [1.29, 1.82) is 0 Å². The van der Waals surface area contributed by atoms with E-state index in [4.69, 9.17) is 27.9 Å². The summed E-state index contributed by atoms with van der Waals surface area (Å²) < 4.78 is 5.37. The van der Waals surface area contributed by atoms with Crippen molar-refractivity contribution >= 4 is 24.0 Å². The summed E-state index contributed by atoms with van der Waals surface area (Å²) in [6, 6.07) is 5.36. The Kier molecular flexibility index (Phi) is 8.65. The van der Waals surface area contributed by atoms with Crippen molar-refractivity contribution in [2.75, 3.05) is 19.8 Å². The van der Waals surface area contributed by atoms with Gasteiger partial charge in [0.25, 0.3) is 0 Å². The molecule has 0 aliphatic carbocycles. The Bertz CT molecular complexity index is 377. The zero-order valence-corrected chi connectivity index (χ0v) is 10.9. The van der Waals surface area contributed by atoms with Crippen LogP contribution in [0.5, 0.6) is 5.75 Å². The van der Waals surface area contributed by atoms with Crippen molar-refractivity contribution in [3.8, 4) is 18.1 Å². The molecule has 94 valence electrons. The van der Waals surface area contributed by atoms with Crippen molar-refractivity contribution < 1.29 is 9.84 Å². The molecule has 0 bridgehead atoms. The summed E-state index contributed by atoms with van der Waals surface area (Å²) in [7, 11) is 0. The van der Waals surface area contributed by atoms with Gasteiger partial charge in [0.15, 0.2) is 0 Å². The van der Waals surface area contributed by atoms with Crippen LogP contribution in [0.2, 0.25) is 5.02 Å². The number of halogens is 2. The van der Waals surface area contributed by atoms with E-state index in [2.05, 4.69) is 11.2 Å². The molecule has 5 heteroatoms. The third-order valence-corrected chi connectivity index (χ3v) is 2.17. The average Bonchev–Trinajstić information content (AvgIpc) is 2.28. The van der Waals surface area contributed by atoms with Crippen LogP contribution in [0.15, 0.2) is 18.2 Å². The van der Waals surface area contributed by atoms with Gasteiger partial charge in [0.1, 0.15) is 12.4 Å². The highest BCUT2D eigenvalue weighted by atomic mass is 35.5. The zero-order chi connectivity index (χ0) is 11.8. The van der Waals surface area contributed by atoms with Gasteiger partial charge in [0.05, 0.1) is 6.61 Å². The van der Waals surface area contributed by atoms with E-state index in [9.17, 15) is 0 Å². The molecular formula is C12H15Cl2NO2. The highest BCUT2D eigenvalue weighted by molar-refractivity contribution is 6.30. The van der Waals surface area contributed by atoms with Gasteiger partial charge in [-0.25, -0.2) is 0 Å². The second-order valence-corrected chi connectivity index (χ2v) is 3.58. The van der Waals surface area contributed by atoms with E-state index in [1.807, 2.05) is 6.07 Å². The molecule has 0 saturated heterocycles. The van der Waals surface area contributed by atoms with Crippen LogP contribution >= 0.6 is 24.0 Å². The van der Waals surface area contributed by atoms with E-state index < -0.39 is 0 Å². The fraction of sp³-hybridized carbons (Fsp3) is 0.333. The Morgan fingerprint density at radius 3 is 2.88 bits per heavy atom. The van der Waals surface area contributed by atoms with Crippen molar-refractivity contribution in [3.05, 3.63) is 28.8 Å². The molecule has 1 rings (SSSR count). The van der Waals surface area contributed by atoms with Gasteiger partial charge in [-0.15, -0.1) is 18.8 Å². The Morgan fingerprint density at radius 1 is 1.47 bits per heavy atom. The monoisotopic (exact) mass is 275 g/mol. The number of hydrogen-bond donors (Lipinski definition) is 2. The SMILES string of the molecule is C#CCOc1ccc(Cl)cc1CNCCO.Cl. The molecule has 0 fully saturated rings. The highest BCUT2D eigenvalue weighted by Crippen LogP contribution is 2.22. The number of aliphatic hydroxyl groups is 1. The smallest absolute Gasteiger partial charge is 0.148 e. The molecule has 0 amide bonds. The minimum atomic E-state index is 0. The second-order valence-electron chi connectivity index (χ2n) is 3.15. The fourth-order valence-corrected chi connectivity index (χ4v) is 1.44. The van der Waals surface area contributed by atoms with E-state index in [1.54, 1.807) is 12.1 Å². The molecule has 17 heavy (non-hydrogen) atoms. The van der Waals surface area contributed by atoms with E-state index >= 15 is 0 Å². The van der Waals surface area contributed by atoms with Gasteiger partial charge >= 0.3 is 0 Å². The molecule has 0 spiro atoms. The summed E-state index contributed by atoms with van der Waals surface area (Å²) >= 11 is 5.89. The lowest BCUT2D eigenvalue weighted by Gasteiger charge is -2.10. The highest BCUT2D eigenvalue weighted by Gasteiger charge is 2.03. The largest absolute Gasteiger partial charge is 0.481 e. The third kappa shape index (κ3) is 5.81. The van der Waals surface area contributed by atoms with E-state index in [0.717, 1.165) is 5.56 Å². The number of terminal acetylenes is 1. The van der Waals surface area contributed by atoms with Gasteiger partial charge in [-0.1, -0.05) is 17.5 Å². The maximum absolute atomic E-state index is 8.66. The lowest BCUT2D eigenvalue weighted by atomic mass is 10.2. The maximum atomic E-state index is 8.66. The molecule has 0 aromatic heterocycles. The van der Waals surface area contributed by atoms with Crippen LogP contribution in [-0.4, -0.2) is 24.9 Å². The maximum Gasteiger partial charge on any atom is 0.148 e. The molecule has 0 unspecified atom stereocenters. The molecule has 0 saturated carbocycles. The first-order valence-electron chi connectivity index (χ1n) is 4.94. The van der Waals surface area contributed by atoms with Crippen molar-refractivity contribution in [2.24, 2.45) is 0 Å². The molecule has 0 atom stereocenters. The van der Waals surface area contributed by atoms with Gasteiger partial charge in [0.2, 0.25) is 0 Å². The zero-order valence-electron chi connectivity index (χ0n) is 9.28. The first kappa shape index (κ1) is 16.1. The Labute approximate surface area is 113 Å². The van der Waals surface area contributed by atoms with Gasteiger partial charge in [-0.05, 0) is 18.2 Å². The number of benzene rings is 1. The average molecular weight is 276 g/mol. The third-order valence-electron chi connectivity index (χ3n) is 1.94. The van der Waals surface area contributed by atoms with Crippen LogP contribution in [0.4, 0.5) is 0 Å². The summed E-state index contributed by atoms with van der Waals surface area (Å²) in [4.78, 5) is 0. The Balaban J connectivity index is 0.00000256. The molecule has 1 aromatic carbocycles. The van der Waals surface area contributed by atoms with Crippen LogP contribution < -0.4 is 10.1 Å². The molecule has 0 heterocycles. The van der Waals surface area contributed by atoms with Gasteiger partial charge in [-0.2, -0.15) is 0 Å². The molecule has 2 N–H and O–H groups in total. The van der Waals surface area contributed by atoms with Crippen LogP contribution in [-0.2, 0) is 6.54 Å². The summed E-state index contributed by atoms with van der Waals surface area (Å²) in [6.07, 6.45) is 5.13. The Morgan fingerprint density at radius 2 is 2.24 bits per heavy atom. The summed E-state index contributed by atoms with van der Waals surface area (Å²) in [5, 5.41) is 12.4. The van der Waals surface area contributed by atoms with Crippen LogP contribution in [0, 0.1) is 12.3 Å². The lowest BCUT2D eigenvalue weighted by Crippen LogP contribution is -2.18. The van der Waals surface area contributed by atoms with Crippen molar-refractivity contribution in [1.82, 2.24) is 5.32 Å². The number of rotatable bonds is 6. The molecule has 1 aromatic rings. The molecule has 0 radical (unpaired) electrons. The quantitative estimate of drug-likeness (QED) is 0.615. The van der Waals surface area contributed by atoms with Crippen LogP contribution in [0.3, 0.4) is 0 Å². The second kappa shape index (κ2) is 9.15. The standard InChI is InChI=1S/C12H14ClNO2.ClH/c1-2-7-16-12-4-3-11(13)8-10(12)9-14-5-6-15;/h1,3-4,8,14-15H,5-7,9H2;1H. The minimum Gasteiger partial charge on any atom is -0.481 e. The first-order valence-corrected chi connectivity index (χ1v) is 5.32. The predicted molar refractivity (Wildman–Crippen MR) is 71.8 cm³/mol. The van der Waals surface area contributed by atoms with Crippen molar-refractivity contribution in [3.63, 3.8) is 0 Å². The normalized spacial score (nSPS) is 9.24. The molecule has 3 nitrogen and oxygen atoms in total. The van der Waals surface area contributed by atoms with Gasteiger partial charge in [0, 0.05) is 23.7 Å². The lowest BCUT2D eigenvalue weighted by molar-refractivity contribution is 0.291. The van der Waals surface area contributed by atoms with E-state index in [1.165, 1.54) is 0 Å². The van der Waals surface area contributed by atoms with E-state index in [-0.39, 0.29) is 25.6 Å². The fourth-order valence-electron chi connectivity index (χ4n) is 1.25. The predicted octanol–water partition coefficient (Wildman–Crippen LogP) is 1.86. The number of ether oxygens (including phenoxy) is 1. The summed E-state index contributed by atoms with van der Waals surface area (Å²) in [5.41, 5.74) is 0.927. The minimum absolute atomic E-state index is 0. The van der Waals surface area contributed by atoms with E-state index in [0.29, 0.717) is 23.9 Å². The molecule has 0 aliphatic rings.